The molecule has 0 bridgehead atoms. The number of rotatable bonds is 4. The molecule has 2 aliphatic rings. The van der Waals surface area contributed by atoms with E-state index in [0.717, 1.165) is 12.4 Å². The molecule has 0 radical (unpaired) electrons. The van der Waals surface area contributed by atoms with Crippen molar-refractivity contribution in [3.05, 3.63) is 23.9 Å². The largest absolute Gasteiger partial charge is 0.490 e. The van der Waals surface area contributed by atoms with Gasteiger partial charge in [0.25, 0.3) is 0 Å². The Morgan fingerprint density at radius 2 is 1.61 bits per heavy atom. The van der Waals surface area contributed by atoms with Crippen LogP contribution in [-0.2, 0) is 16.1 Å². The highest BCUT2D eigenvalue weighted by Crippen LogP contribution is 2.39. The normalized spacial score (nSPS) is 20.7. The Balaban J connectivity index is 0.000000324. The van der Waals surface area contributed by atoms with Crippen LogP contribution in [0.4, 0.5) is 26.3 Å². The number of likely N-dealkylation sites (N-methyl/N-ethyl adjacent to an activating group) is 1. The van der Waals surface area contributed by atoms with E-state index in [9.17, 15) is 26.3 Å². The van der Waals surface area contributed by atoms with E-state index >= 15 is 0 Å². The molecular weight excluding hydrogens is 464 g/mol. The molecule has 1 unspecified atom stereocenters. The number of likely N-dealkylation sites (tertiary alicyclic amines) is 2. The zero-order valence-electron chi connectivity index (χ0n) is 17.9. The third-order valence-corrected chi connectivity index (χ3v) is 5.23. The average Bonchev–Trinajstić information content (AvgIpc) is 3.14. The fourth-order valence-corrected chi connectivity index (χ4v) is 3.59. The SMILES string of the molecule is CCN1CCC12CCN(Cc1cccnc1OC)C2.O=C(O)C(F)(F)F.O=C(O)C(F)(F)F. The molecule has 2 saturated heterocycles. The molecule has 2 N–H and O–H groups in total. The zero-order valence-corrected chi connectivity index (χ0v) is 17.9. The summed E-state index contributed by atoms with van der Waals surface area (Å²) in [4.78, 5) is 27.2. The first kappa shape index (κ1) is 28.4. The average molecular weight is 489 g/mol. The van der Waals surface area contributed by atoms with Gasteiger partial charge in [0.1, 0.15) is 0 Å². The number of aromatic nitrogens is 1. The van der Waals surface area contributed by atoms with Crippen LogP contribution < -0.4 is 4.74 Å². The third kappa shape index (κ3) is 8.35. The Kier molecular flexibility index (Phi) is 9.90. The van der Waals surface area contributed by atoms with Crippen molar-refractivity contribution in [3.63, 3.8) is 0 Å². The van der Waals surface area contributed by atoms with Crippen molar-refractivity contribution in [3.8, 4) is 5.88 Å². The molecule has 1 atom stereocenters. The maximum atomic E-state index is 10.6. The zero-order chi connectivity index (χ0) is 25.4. The molecule has 3 heterocycles. The molecule has 0 saturated carbocycles. The number of aliphatic carboxylic acids is 2. The van der Waals surface area contributed by atoms with Crippen molar-refractivity contribution in [2.24, 2.45) is 0 Å². The van der Waals surface area contributed by atoms with Gasteiger partial charge >= 0.3 is 24.3 Å². The molecule has 33 heavy (non-hydrogen) atoms. The Morgan fingerprint density at radius 3 is 2.00 bits per heavy atom. The fraction of sp³-hybridized carbons (Fsp3) is 0.632. The molecule has 0 aliphatic carbocycles. The first-order chi connectivity index (χ1) is 15.2. The standard InChI is InChI=1S/C15H23N3O.2C2HF3O2/c1-3-18-10-7-15(18)6-9-17(12-15)11-13-5-4-8-16-14(13)19-2;2*3-2(4,5)1(6)7/h4-5,8H,3,6-7,9-12H2,1-2H3;2*(H,6,7). The van der Waals surface area contributed by atoms with Gasteiger partial charge in [0.2, 0.25) is 5.88 Å². The molecule has 1 spiro atoms. The van der Waals surface area contributed by atoms with Crippen LogP contribution in [0.3, 0.4) is 0 Å². The van der Waals surface area contributed by atoms with E-state index in [0.29, 0.717) is 5.54 Å². The second kappa shape index (κ2) is 11.5. The summed E-state index contributed by atoms with van der Waals surface area (Å²) >= 11 is 0. The number of methoxy groups -OCH3 is 1. The summed E-state index contributed by atoms with van der Waals surface area (Å²) in [5.74, 6) is -4.75. The minimum absolute atomic E-state index is 0.476. The minimum Gasteiger partial charge on any atom is -0.481 e. The summed E-state index contributed by atoms with van der Waals surface area (Å²) in [5, 5.41) is 14.2. The predicted molar refractivity (Wildman–Crippen MR) is 103 cm³/mol. The summed E-state index contributed by atoms with van der Waals surface area (Å²) in [6, 6.07) is 4.11. The first-order valence-corrected chi connectivity index (χ1v) is 9.71. The highest BCUT2D eigenvalue weighted by Gasteiger charge is 2.48. The van der Waals surface area contributed by atoms with Gasteiger partial charge in [0, 0.05) is 43.5 Å². The molecule has 2 aliphatic heterocycles. The van der Waals surface area contributed by atoms with Crippen LogP contribution in [0.15, 0.2) is 18.3 Å². The van der Waals surface area contributed by atoms with E-state index < -0.39 is 24.3 Å². The van der Waals surface area contributed by atoms with E-state index in [1.54, 1.807) is 13.3 Å². The van der Waals surface area contributed by atoms with E-state index in [2.05, 4.69) is 27.8 Å². The maximum absolute atomic E-state index is 10.6. The van der Waals surface area contributed by atoms with Crippen molar-refractivity contribution in [1.82, 2.24) is 14.8 Å². The number of ether oxygens (including phenoxy) is 1. The number of pyridine rings is 1. The summed E-state index contributed by atoms with van der Waals surface area (Å²) in [6.07, 6.45) is -5.70. The first-order valence-electron chi connectivity index (χ1n) is 9.71. The van der Waals surface area contributed by atoms with Gasteiger partial charge in [-0.3, -0.25) is 9.80 Å². The molecule has 188 valence electrons. The van der Waals surface area contributed by atoms with E-state index in [1.807, 2.05) is 6.07 Å². The van der Waals surface area contributed by atoms with Crippen LogP contribution >= 0.6 is 0 Å². The Bertz CT molecular complexity index is 779. The number of alkyl halides is 6. The molecule has 8 nitrogen and oxygen atoms in total. The van der Waals surface area contributed by atoms with Crippen LogP contribution in [0.1, 0.15) is 25.3 Å². The van der Waals surface area contributed by atoms with Gasteiger partial charge < -0.3 is 14.9 Å². The van der Waals surface area contributed by atoms with Gasteiger partial charge in [-0.05, 0) is 25.5 Å². The molecule has 1 aromatic heterocycles. The summed E-state index contributed by atoms with van der Waals surface area (Å²) in [5.41, 5.74) is 1.67. The fourth-order valence-electron chi connectivity index (χ4n) is 3.59. The molecule has 2 fully saturated rings. The molecular formula is C19H25F6N3O5. The number of carboxylic acids is 2. The van der Waals surface area contributed by atoms with Crippen LogP contribution in [0, 0.1) is 0 Å². The minimum atomic E-state index is -5.08. The van der Waals surface area contributed by atoms with Crippen molar-refractivity contribution in [2.75, 3.05) is 33.3 Å². The lowest BCUT2D eigenvalue weighted by atomic mass is 9.84. The molecule has 0 aromatic carbocycles. The number of hydrogen-bond acceptors (Lipinski definition) is 6. The van der Waals surface area contributed by atoms with Crippen molar-refractivity contribution in [1.29, 1.82) is 0 Å². The lowest BCUT2D eigenvalue weighted by Crippen LogP contribution is -2.60. The molecule has 0 amide bonds. The molecule has 3 rings (SSSR count). The van der Waals surface area contributed by atoms with Gasteiger partial charge in [0.05, 0.1) is 7.11 Å². The number of halogens is 6. The Hall–Kier alpha value is -2.61. The summed E-state index contributed by atoms with van der Waals surface area (Å²) in [7, 11) is 1.70. The lowest BCUT2D eigenvalue weighted by Gasteiger charge is -2.50. The van der Waals surface area contributed by atoms with E-state index in [1.165, 1.54) is 44.6 Å². The van der Waals surface area contributed by atoms with Crippen molar-refractivity contribution in [2.45, 2.75) is 44.2 Å². The Labute approximate surface area is 185 Å². The number of hydrogen-bond donors (Lipinski definition) is 2. The van der Waals surface area contributed by atoms with Crippen LogP contribution in [-0.4, -0.2) is 88.1 Å². The van der Waals surface area contributed by atoms with Gasteiger partial charge in [-0.2, -0.15) is 26.3 Å². The monoisotopic (exact) mass is 489 g/mol. The highest BCUT2D eigenvalue weighted by atomic mass is 19.4. The quantitative estimate of drug-likeness (QED) is 0.623. The summed E-state index contributed by atoms with van der Waals surface area (Å²) in [6.45, 7) is 8.07. The van der Waals surface area contributed by atoms with E-state index in [4.69, 9.17) is 24.5 Å². The van der Waals surface area contributed by atoms with Gasteiger partial charge in [-0.1, -0.05) is 13.0 Å². The number of carbonyl (C=O) groups is 2. The number of nitrogens with zero attached hydrogens (tertiary/aromatic N) is 3. The molecule has 14 heteroatoms. The van der Waals surface area contributed by atoms with E-state index in [-0.39, 0.29) is 0 Å². The second-order valence-electron chi connectivity index (χ2n) is 7.29. The third-order valence-electron chi connectivity index (χ3n) is 5.23. The lowest BCUT2D eigenvalue weighted by molar-refractivity contribution is -0.193. The van der Waals surface area contributed by atoms with Crippen molar-refractivity contribution >= 4 is 11.9 Å². The van der Waals surface area contributed by atoms with Crippen LogP contribution in [0.25, 0.3) is 0 Å². The van der Waals surface area contributed by atoms with Crippen LogP contribution in [0.5, 0.6) is 5.88 Å². The smallest absolute Gasteiger partial charge is 0.481 e. The second-order valence-corrected chi connectivity index (χ2v) is 7.29. The van der Waals surface area contributed by atoms with Crippen molar-refractivity contribution < 1.29 is 50.9 Å². The molecule has 1 aromatic rings. The van der Waals surface area contributed by atoms with Gasteiger partial charge in [-0.15, -0.1) is 0 Å². The Morgan fingerprint density at radius 1 is 1.09 bits per heavy atom. The summed E-state index contributed by atoms with van der Waals surface area (Å²) < 4.78 is 68.8. The number of carboxylic acid groups (broad SMARTS) is 2. The maximum Gasteiger partial charge on any atom is 0.490 e. The highest BCUT2D eigenvalue weighted by molar-refractivity contribution is 5.73. The predicted octanol–water partition coefficient (Wildman–Crippen LogP) is 3.03. The van der Waals surface area contributed by atoms with Gasteiger partial charge in [-0.25, -0.2) is 14.6 Å². The topological polar surface area (TPSA) is 103 Å². The van der Waals surface area contributed by atoms with Crippen LogP contribution in [0.2, 0.25) is 0 Å². The van der Waals surface area contributed by atoms with Gasteiger partial charge in [0.15, 0.2) is 0 Å².